The van der Waals surface area contributed by atoms with Gasteiger partial charge in [0.2, 0.25) is 0 Å². The van der Waals surface area contributed by atoms with E-state index in [0.29, 0.717) is 5.75 Å². The van der Waals surface area contributed by atoms with Crippen molar-refractivity contribution in [2.75, 3.05) is 7.11 Å². The van der Waals surface area contributed by atoms with Crippen LogP contribution in [-0.2, 0) is 4.74 Å². The molecule has 1 aliphatic carbocycles. The number of hydrogen-bond acceptors (Lipinski definition) is 3. The normalized spacial score (nSPS) is 15.1. The van der Waals surface area contributed by atoms with Gasteiger partial charge < -0.3 is 9.57 Å². The van der Waals surface area contributed by atoms with Gasteiger partial charge in [0.05, 0.1) is 7.11 Å². The molecule has 1 aliphatic rings. The first-order valence-electron chi connectivity index (χ1n) is 5.26. The molecule has 0 spiro atoms. The lowest BCUT2D eigenvalue weighted by atomic mass is 9.95. The van der Waals surface area contributed by atoms with Crippen LogP contribution in [0.2, 0.25) is 0 Å². The molecule has 0 aliphatic heterocycles. The van der Waals surface area contributed by atoms with Crippen LogP contribution in [0.5, 0.6) is 5.75 Å². The average Bonchev–Trinajstić information content (AvgIpc) is 2.38. The highest BCUT2D eigenvalue weighted by Gasteiger charge is 2.14. The van der Waals surface area contributed by atoms with Crippen molar-refractivity contribution >= 4 is 5.57 Å². The summed E-state index contributed by atoms with van der Waals surface area (Å²) in [4.78, 5) is 4.88. The number of ether oxygens (including phenoxy) is 1. The Kier molecular flexibility index (Phi) is 3.27. The second-order valence-corrected chi connectivity index (χ2v) is 3.60. The second kappa shape index (κ2) is 4.86. The highest BCUT2D eigenvalue weighted by Crippen LogP contribution is 2.33. The van der Waals surface area contributed by atoms with Crippen LogP contribution < -0.4 is 10.7 Å². The van der Waals surface area contributed by atoms with E-state index in [-0.39, 0.29) is 0 Å². The van der Waals surface area contributed by atoms with E-state index in [1.807, 2.05) is 30.3 Å². The molecule has 0 bridgehead atoms. The lowest BCUT2D eigenvalue weighted by molar-refractivity contribution is 0.305. The molecule has 1 aromatic rings. The summed E-state index contributed by atoms with van der Waals surface area (Å²) in [6.45, 7) is 0. The highest BCUT2D eigenvalue weighted by atomic mass is 16.6. The third kappa shape index (κ3) is 1.95. The zero-order valence-electron chi connectivity index (χ0n) is 9.27. The quantitative estimate of drug-likeness (QED) is 0.791. The van der Waals surface area contributed by atoms with Gasteiger partial charge in [-0.1, -0.05) is 24.3 Å². The SMILES string of the molecule is COC1=C(c2ccccc2ON)CCC=C1. The molecule has 0 amide bonds. The third-order valence-electron chi connectivity index (χ3n) is 2.69. The Morgan fingerprint density at radius 1 is 1.25 bits per heavy atom. The van der Waals surface area contributed by atoms with Crippen LogP contribution in [0.3, 0.4) is 0 Å². The van der Waals surface area contributed by atoms with E-state index >= 15 is 0 Å². The summed E-state index contributed by atoms with van der Waals surface area (Å²) in [6.07, 6.45) is 6.06. The minimum Gasteiger partial charge on any atom is -0.496 e. The van der Waals surface area contributed by atoms with E-state index in [2.05, 4.69) is 6.08 Å². The Bertz CT molecular complexity index is 435. The molecule has 0 unspecified atom stereocenters. The van der Waals surface area contributed by atoms with Crippen LogP contribution in [0.15, 0.2) is 42.2 Å². The van der Waals surface area contributed by atoms with Gasteiger partial charge in [-0.25, -0.2) is 0 Å². The van der Waals surface area contributed by atoms with E-state index in [1.165, 1.54) is 0 Å². The molecule has 0 atom stereocenters. The Labute approximate surface area is 95.1 Å². The summed E-state index contributed by atoms with van der Waals surface area (Å²) in [5.41, 5.74) is 2.15. The molecule has 1 aromatic carbocycles. The van der Waals surface area contributed by atoms with Gasteiger partial charge in [0.15, 0.2) is 5.75 Å². The number of para-hydroxylation sites is 1. The first kappa shape index (κ1) is 10.8. The van der Waals surface area contributed by atoms with Crippen LogP contribution in [0.25, 0.3) is 5.57 Å². The van der Waals surface area contributed by atoms with Gasteiger partial charge in [0, 0.05) is 11.1 Å². The summed E-state index contributed by atoms with van der Waals surface area (Å²) in [5.74, 6) is 6.83. The molecule has 16 heavy (non-hydrogen) atoms. The van der Waals surface area contributed by atoms with Gasteiger partial charge in [0.1, 0.15) is 5.76 Å². The van der Waals surface area contributed by atoms with Crippen molar-refractivity contribution in [2.24, 2.45) is 5.90 Å². The Morgan fingerprint density at radius 3 is 2.81 bits per heavy atom. The van der Waals surface area contributed by atoms with E-state index in [0.717, 1.165) is 29.7 Å². The average molecular weight is 217 g/mol. The molecule has 0 saturated heterocycles. The van der Waals surface area contributed by atoms with Gasteiger partial charge >= 0.3 is 0 Å². The van der Waals surface area contributed by atoms with Gasteiger partial charge in [-0.2, -0.15) is 5.90 Å². The van der Waals surface area contributed by atoms with E-state index in [1.54, 1.807) is 7.11 Å². The Morgan fingerprint density at radius 2 is 2.06 bits per heavy atom. The van der Waals surface area contributed by atoms with Crippen molar-refractivity contribution in [3.05, 3.63) is 47.7 Å². The number of benzene rings is 1. The molecule has 84 valence electrons. The van der Waals surface area contributed by atoms with E-state index in [4.69, 9.17) is 15.5 Å². The van der Waals surface area contributed by atoms with Crippen LogP contribution in [0.4, 0.5) is 0 Å². The molecule has 2 rings (SSSR count). The van der Waals surface area contributed by atoms with E-state index in [9.17, 15) is 0 Å². The smallest absolute Gasteiger partial charge is 0.154 e. The molecule has 3 heteroatoms. The van der Waals surface area contributed by atoms with Crippen LogP contribution in [-0.4, -0.2) is 7.11 Å². The highest BCUT2D eigenvalue weighted by molar-refractivity contribution is 5.74. The predicted octanol–water partition coefficient (Wildman–Crippen LogP) is 2.65. The Balaban J connectivity index is 2.49. The summed E-state index contributed by atoms with van der Waals surface area (Å²) in [6, 6.07) is 7.72. The Hall–Kier alpha value is -1.74. The fourth-order valence-electron chi connectivity index (χ4n) is 1.92. The van der Waals surface area contributed by atoms with Crippen molar-refractivity contribution in [3.8, 4) is 5.75 Å². The summed E-state index contributed by atoms with van der Waals surface area (Å²) in [7, 11) is 1.68. The number of methoxy groups -OCH3 is 1. The third-order valence-corrected chi connectivity index (χ3v) is 2.69. The summed E-state index contributed by atoms with van der Waals surface area (Å²) >= 11 is 0. The molecule has 0 saturated carbocycles. The van der Waals surface area contributed by atoms with Crippen LogP contribution in [0.1, 0.15) is 18.4 Å². The van der Waals surface area contributed by atoms with Crippen molar-refractivity contribution in [1.29, 1.82) is 0 Å². The first-order chi connectivity index (χ1) is 7.86. The number of nitrogens with two attached hydrogens (primary N) is 1. The predicted molar refractivity (Wildman–Crippen MR) is 63.6 cm³/mol. The first-order valence-corrected chi connectivity index (χ1v) is 5.26. The van der Waals surface area contributed by atoms with Crippen molar-refractivity contribution < 1.29 is 9.57 Å². The minimum atomic E-state index is 0.683. The number of hydrogen-bond donors (Lipinski definition) is 1. The maximum atomic E-state index is 5.35. The van der Waals surface area contributed by atoms with Gasteiger partial charge in [0.25, 0.3) is 0 Å². The van der Waals surface area contributed by atoms with Crippen molar-refractivity contribution in [3.63, 3.8) is 0 Å². The molecule has 0 fully saturated rings. The minimum absolute atomic E-state index is 0.683. The van der Waals surface area contributed by atoms with E-state index < -0.39 is 0 Å². The standard InChI is InChI=1S/C13H15NO2/c1-15-12-8-4-2-6-10(12)11-7-3-5-9-13(11)16-14/h3-5,7-9H,2,6,14H2,1H3. The monoisotopic (exact) mass is 217 g/mol. The molecule has 0 heterocycles. The summed E-state index contributed by atoms with van der Waals surface area (Å²) < 4.78 is 5.35. The van der Waals surface area contributed by atoms with Crippen molar-refractivity contribution in [1.82, 2.24) is 0 Å². The van der Waals surface area contributed by atoms with Gasteiger partial charge in [-0.3, -0.25) is 0 Å². The molecule has 0 aromatic heterocycles. The fourth-order valence-corrected chi connectivity index (χ4v) is 1.92. The maximum absolute atomic E-state index is 5.35. The zero-order valence-corrected chi connectivity index (χ0v) is 9.27. The summed E-state index contributed by atoms with van der Waals surface area (Å²) in [5, 5.41) is 0. The van der Waals surface area contributed by atoms with Gasteiger partial charge in [-0.15, -0.1) is 0 Å². The van der Waals surface area contributed by atoms with Gasteiger partial charge in [-0.05, 0) is 25.0 Å². The zero-order chi connectivity index (χ0) is 11.4. The molecular formula is C13H15NO2. The largest absolute Gasteiger partial charge is 0.496 e. The lowest BCUT2D eigenvalue weighted by Gasteiger charge is -2.16. The number of allylic oxidation sites excluding steroid dienone is 3. The topological polar surface area (TPSA) is 44.5 Å². The van der Waals surface area contributed by atoms with Crippen LogP contribution in [0, 0.1) is 0 Å². The number of rotatable bonds is 3. The molecule has 2 N–H and O–H groups in total. The molecule has 0 radical (unpaired) electrons. The second-order valence-electron chi connectivity index (χ2n) is 3.60. The maximum Gasteiger partial charge on any atom is 0.154 e. The van der Waals surface area contributed by atoms with Crippen LogP contribution >= 0.6 is 0 Å². The fraction of sp³-hybridized carbons (Fsp3) is 0.231. The molecule has 3 nitrogen and oxygen atoms in total. The van der Waals surface area contributed by atoms with Crippen molar-refractivity contribution in [2.45, 2.75) is 12.8 Å². The molecular weight excluding hydrogens is 202 g/mol. The lowest BCUT2D eigenvalue weighted by Crippen LogP contribution is -2.06.